The first kappa shape index (κ1) is 19.6. The molecular weight excluding hydrogens is 382 g/mol. The number of fused-ring (bicyclic) bond motifs is 2. The molecular formula is C22H23N5O3. The number of hydrogen-bond acceptors (Lipinski definition) is 7. The van der Waals surface area contributed by atoms with Crippen molar-refractivity contribution in [1.29, 1.82) is 0 Å². The number of benzene rings is 2. The fraction of sp³-hybridized carbons (Fsp3) is 0.273. The molecule has 8 heteroatoms. The average molecular weight is 405 g/mol. The first-order chi connectivity index (χ1) is 14.2. The van der Waals surface area contributed by atoms with Crippen LogP contribution in [0.5, 0.6) is 5.75 Å². The largest absolute Gasteiger partial charge is 0.496 e. The summed E-state index contributed by atoms with van der Waals surface area (Å²) >= 11 is 0. The van der Waals surface area contributed by atoms with Crippen molar-refractivity contribution < 1.29 is 14.3 Å². The van der Waals surface area contributed by atoms with Gasteiger partial charge in [0.05, 0.1) is 29.7 Å². The van der Waals surface area contributed by atoms with Crippen LogP contribution in [0.25, 0.3) is 21.8 Å². The van der Waals surface area contributed by atoms with Gasteiger partial charge in [-0.25, -0.2) is 14.8 Å². The van der Waals surface area contributed by atoms with E-state index in [2.05, 4.69) is 20.4 Å². The van der Waals surface area contributed by atoms with Gasteiger partial charge in [0.15, 0.2) is 0 Å². The molecule has 0 aliphatic carbocycles. The Labute approximate surface area is 173 Å². The second kappa shape index (κ2) is 7.29. The second-order valence-corrected chi connectivity index (χ2v) is 7.98. The minimum atomic E-state index is -0.633. The maximum atomic E-state index is 12.6. The molecule has 0 radical (unpaired) electrons. The van der Waals surface area contributed by atoms with Crippen LogP contribution in [-0.4, -0.2) is 38.6 Å². The molecule has 0 unspecified atom stereocenters. The lowest BCUT2D eigenvalue weighted by molar-refractivity contribution is 0.0523. The minimum Gasteiger partial charge on any atom is -0.496 e. The van der Waals surface area contributed by atoms with E-state index in [-0.39, 0.29) is 0 Å². The number of hydrogen-bond donors (Lipinski definition) is 1. The summed E-state index contributed by atoms with van der Waals surface area (Å²) in [5.74, 6) is 1.02. The summed E-state index contributed by atoms with van der Waals surface area (Å²) in [7, 11) is 1.57. The number of aromatic nitrogens is 4. The number of para-hydroxylation sites is 1. The monoisotopic (exact) mass is 405 g/mol. The molecule has 0 fully saturated rings. The first-order valence-electron chi connectivity index (χ1n) is 9.54. The predicted molar refractivity (Wildman–Crippen MR) is 115 cm³/mol. The molecule has 2 aromatic carbocycles. The van der Waals surface area contributed by atoms with E-state index in [1.54, 1.807) is 25.6 Å². The first-order valence-corrected chi connectivity index (χ1v) is 9.54. The molecule has 0 saturated carbocycles. The van der Waals surface area contributed by atoms with Gasteiger partial charge in [0, 0.05) is 23.3 Å². The molecule has 4 aromatic rings. The molecule has 154 valence electrons. The Kier molecular flexibility index (Phi) is 4.77. The van der Waals surface area contributed by atoms with Crippen LogP contribution in [0.15, 0.2) is 42.7 Å². The zero-order valence-electron chi connectivity index (χ0n) is 17.6. The van der Waals surface area contributed by atoms with Crippen LogP contribution in [-0.2, 0) is 4.74 Å². The summed E-state index contributed by atoms with van der Waals surface area (Å²) < 4.78 is 12.2. The number of aryl methyl sites for hydroxylation is 1. The van der Waals surface area contributed by atoms with Gasteiger partial charge >= 0.3 is 6.09 Å². The molecule has 4 rings (SSSR count). The van der Waals surface area contributed by atoms with Crippen LogP contribution in [0.4, 0.5) is 16.4 Å². The second-order valence-electron chi connectivity index (χ2n) is 7.98. The highest BCUT2D eigenvalue weighted by Gasteiger charge is 2.21. The van der Waals surface area contributed by atoms with Crippen molar-refractivity contribution >= 4 is 39.5 Å². The Morgan fingerprint density at radius 3 is 2.70 bits per heavy atom. The standard InChI is InChI=1S/C22H23N5O3/c1-13-7-6-8-14-11-23-20(26-19(13)14)25-15-9-17-16(18(10-15)29-5)12-24-27(17)21(28)30-22(2,3)4/h6-12H,1-5H3,(H,23,25,26). The Balaban J connectivity index is 1.75. The molecule has 0 atom stereocenters. The van der Waals surface area contributed by atoms with Gasteiger partial charge in [0.25, 0.3) is 0 Å². The van der Waals surface area contributed by atoms with E-state index in [9.17, 15) is 4.79 Å². The molecule has 0 saturated heterocycles. The van der Waals surface area contributed by atoms with E-state index < -0.39 is 11.7 Å². The molecule has 0 amide bonds. The van der Waals surface area contributed by atoms with Gasteiger partial charge in [-0.1, -0.05) is 18.2 Å². The molecule has 30 heavy (non-hydrogen) atoms. The van der Waals surface area contributed by atoms with Gasteiger partial charge in [-0.05, 0) is 39.3 Å². The Hall–Kier alpha value is -3.68. The zero-order chi connectivity index (χ0) is 21.5. The van der Waals surface area contributed by atoms with Gasteiger partial charge in [-0.3, -0.25) is 0 Å². The number of methoxy groups -OCH3 is 1. The van der Waals surface area contributed by atoms with E-state index in [0.29, 0.717) is 28.3 Å². The maximum absolute atomic E-state index is 12.6. The Bertz CT molecular complexity index is 1260. The van der Waals surface area contributed by atoms with Crippen molar-refractivity contribution in [2.75, 3.05) is 12.4 Å². The fourth-order valence-corrected chi connectivity index (χ4v) is 3.18. The smallest absolute Gasteiger partial charge is 0.435 e. The topological polar surface area (TPSA) is 91.2 Å². The minimum absolute atomic E-state index is 0.446. The summed E-state index contributed by atoms with van der Waals surface area (Å²) in [4.78, 5) is 21.6. The number of rotatable bonds is 3. The average Bonchev–Trinajstić information content (AvgIpc) is 3.11. The van der Waals surface area contributed by atoms with Crippen LogP contribution in [0.1, 0.15) is 26.3 Å². The van der Waals surface area contributed by atoms with Crippen molar-refractivity contribution in [3.63, 3.8) is 0 Å². The molecule has 0 bridgehead atoms. The lowest BCUT2D eigenvalue weighted by atomic mass is 10.1. The summed E-state index contributed by atoms with van der Waals surface area (Å²) in [6, 6.07) is 9.56. The van der Waals surface area contributed by atoms with Crippen LogP contribution in [0.3, 0.4) is 0 Å². The third kappa shape index (κ3) is 3.76. The molecule has 2 aromatic heterocycles. The van der Waals surface area contributed by atoms with Gasteiger partial charge in [-0.15, -0.1) is 0 Å². The quantitative estimate of drug-likeness (QED) is 0.522. The number of carbonyl (C=O) groups excluding carboxylic acids is 1. The van der Waals surface area contributed by atoms with Gasteiger partial charge < -0.3 is 14.8 Å². The van der Waals surface area contributed by atoms with E-state index >= 15 is 0 Å². The fourth-order valence-electron chi connectivity index (χ4n) is 3.18. The third-order valence-electron chi connectivity index (χ3n) is 4.51. The molecule has 2 heterocycles. The normalized spacial score (nSPS) is 11.6. The van der Waals surface area contributed by atoms with Crippen LogP contribution >= 0.6 is 0 Å². The van der Waals surface area contributed by atoms with Crippen LogP contribution in [0, 0.1) is 6.92 Å². The summed E-state index contributed by atoms with van der Waals surface area (Å²) in [5.41, 5.74) is 2.53. The van der Waals surface area contributed by atoms with Crippen molar-refractivity contribution in [2.24, 2.45) is 0 Å². The van der Waals surface area contributed by atoms with Crippen LogP contribution < -0.4 is 10.1 Å². The highest BCUT2D eigenvalue weighted by Crippen LogP contribution is 2.31. The number of nitrogens with one attached hydrogen (secondary N) is 1. The summed E-state index contributed by atoms with van der Waals surface area (Å²) in [5, 5.41) is 9.06. The maximum Gasteiger partial charge on any atom is 0.435 e. The molecule has 0 spiro atoms. The zero-order valence-corrected chi connectivity index (χ0v) is 17.6. The molecule has 8 nitrogen and oxygen atoms in total. The van der Waals surface area contributed by atoms with E-state index in [1.807, 2.05) is 52.0 Å². The lowest BCUT2D eigenvalue weighted by Crippen LogP contribution is -2.27. The predicted octanol–water partition coefficient (Wildman–Crippen LogP) is 4.82. The van der Waals surface area contributed by atoms with E-state index in [0.717, 1.165) is 16.5 Å². The van der Waals surface area contributed by atoms with Crippen molar-refractivity contribution in [2.45, 2.75) is 33.3 Å². The summed E-state index contributed by atoms with van der Waals surface area (Å²) in [6.07, 6.45) is 2.80. The van der Waals surface area contributed by atoms with Gasteiger partial charge in [0.1, 0.15) is 11.4 Å². The van der Waals surface area contributed by atoms with Gasteiger partial charge in [0.2, 0.25) is 5.95 Å². The highest BCUT2D eigenvalue weighted by atomic mass is 16.6. The van der Waals surface area contributed by atoms with E-state index in [4.69, 9.17) is 9.47 Å². The molecule has 0 aliphatic rings. The SMILES string of the molecule is COc1cc(Nc2ncc3cccc(C)c3n2)cc2c1cnn2C(=O)OC(C)(C)C. The van der Waals surface area contributed by atoms with E-state index in [1.165, 1.54) is 4.68 Å². The number of nitrogens with zero attached hydrogens (tertiary/aromatic N) is 4. The highest BCUT2D eigenvalue weighted by molar-refractivity contribution is 5.94. The number of carbonyl (C=O) groups is 1. The molecule has 1 N–H and O–H groups in total. The van der Waals surface area contributed by atoms with Crippen molar-refractivity contribution in [3.8, 4) is 5.75 Å². The van der Waals surface area contributed by atoms with Crippen molar-refractivity contribution in [3.05, 3.63) is 48.3 Å². The third-order valence-corrected chi connectivity index (χ3v) is 4.51. The number of ether oxygens (including phenoxy) is 2. The Morgan fingerprint density at radius 1 is 1.17 bits per heavy atom. The van der Waals surface area contributed by atoms with Crippen LogP contribution in [0.2, 0.25) is 0 Å². The molecule has 0 aliphatic heterocycles. The van der Waals surface area contributed by atoms with Crippen molar-refractivity contribution in [1.82, 2.24) is 19.7 Å². The number of anilines is 2. The summed E-state index contributed by atoms with van der Waals surface area (Å²) in [6.45, 7) is 7.43. The Morgan fingerprint density at radius 2 is 1.97 bits per heavy atom. The van der Waals surface area contributed by atoms with Gasteiger partial charge in [-0.2, -0.15) is 9.78 Å². The lowest BCUT2D eigenvalue weighted by Gasteiger charge is -2.19.